The van der Waals surface area contributed by atoms with Crippen molar-refractivity contribution < 1.29 is 4.74 Å². The Kier molecular flexibility index (Phi) is 2.86. The van der Waals surface area contributed by atoms with Crippen molar-refractivity contribution >= 4 is 22.5 Å². The molecule has 1 aliphatic heterocycles. The summed E-state index contributed by atoms with van der Waals surface area (Å²) in [6, 6.07) is 6.13. The number of ether oxygens (including phenoxy) is 1. The average Bonchev–Trinajstić information content (AvgIpc) is 2.89. The Morgan fingerprint density at radius 2 is 2.29 bits per heavy atom. The van der Waals surface area contributed by atoms with Gasteiger partial charge in [0, 0.05) is 23.3 Å². The number of rotatable bonds is 2. The standard InChI is InChI=1S/C16H14ClN3O/c1-2-10-8-18-16(17)19-14(10)12-9-20-6-7-21-13-5-3-4-11(12)15(13)20/h3-5,8-9H,2,6-7H2,1H3. The first kappa shape index (κ1) is 12.7. The van der Waals surface area contributed by atoms with Gasteiger partial charge in [-0.25, -0.2) is 9.97 Å². The van der Waals surface area contributed by atoms with Gasteiger partial charge in [-0.15, -0.1) is 0 Å². The predicted molar refractivity (Wildman–Crippen MR) is 82.8 cm³/mol. The molecule has 1 aromatic carbocycles. The van der Waals surface area contributed by atoms with Gasteiger partial charge in [-0.05, 0) is 29.7 Å². The predicted octanol–water partition coefficient (Wildman–Crippen LogP) is 3.71. The first-order valence-corrected chi connectivity index (χ1v) is 7.42. The van der Waals surface area contributed by atoms with Crippen molar-refractivity contribution in [3.63, 3.8) is 0 Å². The third-order valence-corrected chi connectivity index (χ3v) is 4.10. The maximum atomic E-state index is 6.01. The molecule has 0 bridgehead atoms. The number of para-hydroxylation sites is 1. The molecule has 0 radical (unpaired) electrons. The lowest BCUT2D eigenvalue weighted by atomic mass is 10.0. The van der Waals surface area contributed by atoms with Gasteiger partial charge in [-0.3, -0.25) is 0 Å². The highest BCUT2D eigenvalue weighted by Gasteiger charge is 2.20. The summed E-state index contributed by atoms with van der Waals surface area (Å²) in [5, 5.41) is 1.43. The summed E-state index contributed by atoms with van der Waals surface area (Å²) in [5.41, 5.74) is 4.25. The first-order valence-electron chi connectivity index (χ1n) is 7.04. The van der Waals surface area contributed by atoms with E-state index in [9.17, 15) is 0 Å². The van der Waals surface area contributed by atoms with Crippen molar-refractivity contribution in [1.29, 1.82) is 0 Å². The van der Waals surface area contributed by atoms with Crippen LogP contribution in [0.2, 0.25) is 5.28 Å². The third-order valence-electron chi connectivity index (χ3n) is 3.92. The number of benzene rings is 1. The lowest BCUT2D eigenvalue weighted by Gasteiger charge is -2.16. The third kappa shape index (κ3) is 1.90. The number of aryl methyl sites for hydroxylation is 1. The summed E-state index contributed by atoms with van der Waals surface area (Å²) < 4.78 is 7.98. The monoisotopic (exact) mass is 299 g/mol. The Hall–Kier alpha value is -2.07. The van der Waals surface area contributed by atoms with Gasteiger partial charge in [0.2, 0.25) is 5.28 Å². The summed E-state index contributed by atoms with van der Waals surface area (Å²) in [6.45, 7) is 3.65. The molecule has 0 fully saturated rings. The summed E-state index contributed by atoms with van der Waals surface area (Å²) in [5.74, 6) is 0.934. The van der Waals surface area contributed by atoms with Crippen LogP contribution in [0.3, 0.4) is 0 Å². The Morgan fingerprint density at radius 3 is 3.14 bits per heavy atom. The number of hydrogen-bond donors (Lipinski definition) is 0. The van der Waals surface area contributed by atoms with Gasteiger partial charge >= 0.3 is 0 Å². The normalized spacial score (nSPS) is 13.4. The number of halogens is 1. The zero-order chi connectivity index (χ0) is 14.4. The van der Waals surface area contributed by atoms with E-state index in [1.165, 1.54) is 0 Å². The van der Waals surface area contributed by atoms with Crippen LogP contribution in [-0.4, -0.2) is 21.1 Å². The van der Waals surface area contributed by atoms with E-state index in [0.717, 1.165) is 46.4 Å². The zero-order valence-corrected chi connectivity index (χ0v) is 12.4. The Labute approximate surface area is 127 Å². The van der Waals surface area contributed by atoms with Gasteiger partial charge in [0.15, 0.2) is 0 Å². The molecule has 0 saturated heterocycles. The Bertz CT molecular complexity index is 841. The van der Waals surface area contributed by atoms with Gasteiger partial charge < -0.3 is 9.30 Å². The Balaban J connectivity index is 2.05. The van der Waals surface area contributed by atoms with Crippen LogP contribution in [0.25, 0.3) is 22.2 Å². The van der Waals surface area contributed by atoms with Crippen LogP contribution in [0.5, 0.6) is 5.75 Å². The van der Waals surface area contributed by atoms with Gasteiger partial charge in [-0.2, -0.15) is 0 Å². The van der Waals surface area contributed by atoms with Crippen molar-refractivity contribution in [1.82, 2.24) is 14.5 Å². The van der Waals surface area contributed by atoms with Crippen LogP contribution in [0, 0.1) is 0 Å². The largest absolute Gasteiger partial charge is 0.490 e. The molecule has 0 N–H and O–H groups in total. The second kappa shape index (κ2) is 4.74. The summed E-state index contributed by atoms with van der Waals surface area (Å²) in [4.78, 5) is 8.56. The molecule has 21 heavy (non-hydrogen) atoms. The van der Waals surface area contributed by atoms with E-state index in [-0.39, 0.29) is 5.28 Å². The van der Waals surface area contributed by atoms with E-state index in [0.29, 0.717) is 6.61 Å². The SMILES string of the molecule is CCc1cnc(Cl)nc1-c1cn2c3c(cccc13)OCC2. The van der Waals surface area contributed by atoms with Crippen molar-refractivity contribution in [3.05, 3.63) is 41.4 Å². The summed E-state index contributed by atoms with van der Waals surface area (Å²) in [6.07, 6.45) is 4.83. The quantitative estimate of drug-likeness (QED) is 0.677. The molecule has 0 amide bonds. The summed E-state index contributed by atoms with van der Waals surface area (Å²) in [7, 11) is 0. The van der Waals surface area contributed by atoms with Crippen molar-refractivity contribution in [2.45, 2.75) is 19.9 Å². The van der Waals surface area contributed by atoms with E-state index >= 15 is 0 Å². The number of aromatic nitrogens is 3. The molecule has 0 atom stereocenters. The van der Waals surface area contributed by atoms with Gasteiger partial charge in [0.05, 0.1) is 17.8 Å². The molecule has 106 valence electrons. The molecule has 1 aliphatic rings. The molecule has 4 rings (SSSR count). The zero-order valence-electron chi connectivity index (χ0n) is 11.6. The molecule has 0 saturated carbocycles. The fourth-order valence-electron chi connectivity index (χ4n) is 2.94. The minimum atomic E-state index is 0.283. The van der Waals surface area contributed by atoms with Crippen LogP contribution >= 0.6 is 11.6 Å². The van der Waals surface area contributed by atoms with Crippen LogP contribution in [0.4, 0.5) is 0 Å². The van der Waals surface area contributed by atoms with E-state index in [2.05, 4.69) is 33.7 Å². The second-order valence-electron chi connectivity index (χ2n) is 5.10. The molecule has 0 unspecified atom stereocenters. The highest BCUT2D eigenvalue weighted by atomic mass is 35.5. The summed E-state index contributed by atoms with van der Waals surface area (Å²) >= 11 is 6.01. The van der Waals surface area contributed by atoms with E-state index in [4.69, 9.17) is 16.3 Å². The van der Waals surface area contributed by atoms with Crippen LogP contribution in [0.1, 0.15) is 12.5 Å². The minimum Gasteiger partial charge on any atom is -0.490 e. The molecule has 5 heteroatoms. The van der Waals surface area contributed by atoms with Gasteiger partial charge in [-0.1, -0.05) is 19.1 Å². The maximum absolute atomic E-state index is 6.01. The lowest BCUT2D eigenvalue weighted by molar-refractivity contribution is 0.287. The van der Waals surface area contributed by atoms with E-state index < -0.39 is 0 Å². The van der Waals surface area contributed by atoms with Crippen molar-refractivity contribution in [3.8, 4) is 17.0 Å². The van der Waals surface area contributed by atoms with Crippen molar-refractivity contribution in [2.24, 2.45) is 0 Å². The first-order chi connectivity index (χ1) is 10.3. The maximum Gasteiger partial charge on any atom is 0.222 e. The molecule has 2 aromatic heterocycles. The molecule has 3 aromatic rings. The van der Waals surface area contributed by atoms with Crippen LogP contribution < -0.4 is 4.74 Å². The molecule has 3 heterocycles. The van der Waals surface area contributed by atoms with Crippen LogP contribution in [0.15, 0.2) is 30.6 Å². The van der Waals surface area contributed by atoms with E-state index in [1.807, 2.05) is 18.3 Å². The topological polar surface area (TPSA) is 39.9 Å². The lowest BCUT2D eigenvalue weighted by Crippen LogP contribution is -2.12. The number of hydrogen-bond acceptors (Lipinski definition) is 3. The average molecular weight is 300 g/mol. The molecular formula is C16H14ClN3O. The molecular weight excluding hydrogens is 286 g/mol. The smallest absolute Gasteiger partial charge is 0.222 e. The van der Waals surface area contributed by atoms with Crippen molar-refractivity contribution in [2.75, 3.05) is 6.61 Å². The fraction of sp³-hybridized carbons (Fsp3) is 0.250. The van der Waals surface area contributed by atoms with E-state index in [1.54, 1.807) is 0 Å². The highest BCUT2D eigenvalue weighted by molar-refractivity contribution is 6.28. The molecule has 0 spiro atoms. The number of nitrogens with zero attached hydrogens (tertiary/aromatic N) is 3. The van der Waals surface area contributed by atoms with Gasteiger partial charge in [0.1, 0.15) is 12.4 Å². The van der Waals surface area contributed by atoms with Gasteiger partial charge in [0.25, 0.3) is 0 Å². The fourth-order valence-corrected chi connectivity index (χ4v) is 3.07. The highest BCUT2D eigenvalue weighted by Crippen LogP contribution is 2.37. The minimum absolute atomic E-state index is 0.283. The molecule has 0 aliphatic carbocycles. The second-order valence-corrected chi connectivity index (χ2v) is 5.44. The molecule has 4 nitrogen and oxygen atoms in total. The Morgan fingerprint density at radius 1 is 1.38 bits per heavy atom. The van der Waals surface area contributed by atoms with Crippen LogP contribution in [-0.2, 0) is 13.0 Å².